The molecule has 2 aromatic rings. The number of aromatic nitrogens is 2. The van der Waals surface area contributed by atoms with Crippen molar-refractivity contribution in [3.8, 4) is 0 Å². The van der Waals surface area contributed by atoms with Crippen molar-refractivity contribution in [2.24, 2.45) is 0 Å². The van der Waals surface area contributed by atoms with Crippen molar-refractivity contribution in [2.45, 2.75) is 6.04 Å². The predicted octanol–water partition coefficient (Wildman–Crippen LogP) is 1.40. The molecule has 3 heterocycles. The van der Waals surface area contributed by atoms with E-state index in [1.54, 1.807) is 0 Å². The molecular weight excluding hydrogens is 224 g/mol. The molecule has 2 aromatic heterocycles. The summed E-state index contributed by atoms with van der Waals surface area (Å²) in [6.07, 6.45) is 5.73. The highest BCUT2D eigenvalue weighted by Gasteiger charge is 2.24. The lowest BCUT2D eigenvalue weighted by Gasteiger charge is -2.34. The standard InChI is InChI=1S/C14H18N4/c1-2-13(17-5-1)14(12-3-6-15-7-4-12)18-10-8-16-9-11-18/h1-7,14,16-17H,8-11H2. The van der Waals surface area contributed by atoms with Gasteiger partial charge in [0.2, 0.25) is 0 Å². The van der Waals surface area contributed by atoms with Gasteiger partial charge in [0, 0.05) is 50.5 Å². The van der Waals surface area contributed by atoms with Gasteiger partial charge in [-0.05, 0) is 29.8 Å². The number of aromatic amines is 1. The normalized spacial score (nSPS) is 18.7. The fraction of sp³-hybridized carbons (Fsp3) is 0.357. The van der Waals surface area contributed by atoms with Crippen LogP contribution in [0.25, 0.3) is 0 Å². The molecule has 1 fully saturated rings. The van der Waals surface area contributed by atoms with E-state index >= 15 is 0 Å². The van der Waals surface area contributed by atoms with Crippen molar-refractivity contribution in [2.75, 3.05) is 26.2 Å². The molecule has 94 valence electrons. The van der Waals surface area contributed by atoms with Gasteiger partial charge in [0.25, 0.3) is 0 Å². The molecule has 1 atom stereocenters. The summed E-state index contributed by atoms with van der Waals surface area (Å²) in [4.78, 5) is 9.98. The van der Waals surface area contributed by atoms with Gasteiger partial charge in [-0.25, -0.2) is 0 Å². The van der Waals surface area contributed by atoms with Crippen LogP contribution in [-0.2, 0) is 0 Å². The van der Waals surface area contributed by atoms with Gasteiger partial charge in [-0.2, -0.15) is 0 Å². The quantitative estimate of drug-likeness (QED) is 0.855. The van der Waals surface area contributed by atoms with Crippen LogP contribution in [0, 0.1) is 0 Å². The Labute approximate surface area is 107 Å². The summed E-state index contributed by atoms with van der Waals surface area (Å²) < 4.78 is 0. The molecule has 1 unspecified atom stereocenters. The van der Waals surface area contributed by atoms with E-state index in [0.717, 1.165) is 26.2 Å². The zero-order valence-electron chi connectivity index (χ0n) is 10.3. The largest absolute Gasteiger partial charge is 0.363 e. The van der Waals surface area contributed by atoms with Crippen molar-refractivity contribution in [1.29, 1.82) is 0 Å². The molecule has 0 spiro atoms. The first-order chi connectivity index (χ1) is 8.95. The van der Waals surface area contributed by atoms with Gasteiger partial charge >= 0.3 is 0 Å². The van der Waals surface area contributed by atoms with Crippen LogP contribution in [0.3, 0.4) is 0 Å². The molecule has 0 saturated carbocycles. The molecule has 4 nitrogen and oxygen atoms in total. The molecule has 1 saturated heterocycles. The Morgan fingerprint density at radius 3 is 2.56 bits per heavy atom. The van der Waals surface area contributed by atoms with Crippen LogP contribution in [0.5, 0.6) is 0 Å². The number of nitrogens with zero attached hydrogens (tertiary/aromatic N) is 2. The minimum atomic E-state index is 0.310. The molecule has 1 aliphatic heterocycles. The van der Waals surface area contributed by atoms with E-state index in [9.17, 15) is 0 Å². The molecule has 0 aromatic carbocycles. The molecule has 3 rings (SSSR count). The Hall–Kier alpha value is -1.65. The fourth-order valence-electron chi connectivity index (χ4n) is 2.59. The molecule has 0 radical (unpaired) electrons. The summed E-state index contributed by atoms with van der Waals surface area (Å²) in [7, 11) is 0. The van der Waals surface area contributed by atoms with E-state index in [4.69, 9.17) is 0 Å². The first kappa shape index (κ1) is 11.4. The monoisotopic (exact) mass is 242 g/mol. The summed E-state index contributed by atoms with van der Waals surface area (Å²) in [6, 6.07) is 8.74. The summed E-state index contributed by atoms with van der Waals surface area (Å²) in [5.41, 5.74) is 2.55. The first-order valence-corrected chi connectivity index (χ1v) is 6.43. The van der Waals surface area contributed by atoms with Crippen LogP contribution in [-0.4, -0.2) is 41.0 Å². The zero-order chi connectivity index (χ0) is 12.2. The Morgan fingerprint density at radius 1 is 1.11 bits per heavy atom. The minimum absolute atomic E-state index is 0.310. The second-order valence-electron chi connectivity index (χ2n) is 4.59. The van der Waals surface area contributed by atoms with Crippen molar-refractivity contribution < 1.29 is 0 Å². The second kappa shape index (κ2) is 5.33. The lowest BCUT2D eigenvalue weighted by atomic mass is 10.0. The van der Waals surface area contributed by atoms with E-state index in [1.807, 2.05) is 18.6 Å². The van der Waals surface area contributed by atoms with E-state index in [-0.39, 0.29) is 0 Å². The molecule has 0 amide bonds. The van der Waals surface area contributed by atoms with Crippen LogP contribution in [0.15, 0.2) is 42.9 Å². The highest BCUT2D eigenvalue weighted by atomic mass is 15.2. The van der Waals surface area contributed by atoms with Crippen molar-refractivity contribution >= 4 is 0 Å². The molecule has 18 heavy (non-hydrogen) atoms. The summed E-state index contributed by atoms with van der Waals surface area (Å²) in [5, 5.41) is 3.40. The number of H-pyrrole nitrogens is 1. The third kappa shape index (κ3) is 2.30. The van der Waals surface area contributed by atoms with E-state index < -0.39 is 0 Å². The molecule has 1 aliphatic rings. The third-order valence-corrected chi connectivity index (χ3v) is 3.46. The predicted molar refractivity (Wildman–Crippen MR) is 71.3 cm³/mol. The smallest absolute Gasteiger partial charge is 0.0756 e. The van der Waals surface area contributed by atoms with Crippen molar-refractivity contribution in [1.82, 2.24) is 20.2 Å². The summed E-state index contributed by atoms with van der Waals surface area (Å²) in [6.45, 7) is 4.27. The second-order valence-corrected chi connectivity index (χ2v) is 4.59. The minimum Gasteiger partial charge on any atom is -0.363 e. The van der Waals surface area contributed by atoms with E-state index in [2.05, 4.69) is 44.5 Å². The maximum atomic E-state index is 4.11. The highest BCUT2D eigenvalue weighted by Crippen LogP contribution is 2.27. The topological polar surface area (TPSA) is 44.0 Å². The van der Waals surface area contributed by atoms with Gasteiger partial charge in [-0.1, -0.05) is 0 Å². The van der Waals surface area contributed by atoms with Crippen LogP contribution in [0.2, 0.25) is 0 Å². The Kier molecular flexibility index (Phi) is 3.39. The number of hydrogen-bond acceptors (Lipinski definition) is 3. The van der Waals surface area contributed by atoms with Crippen LogP contribution in [0.4, 0.5) is 0 Å². The fourth-order valence-corrected chi connectivity index (χ4v) is 2.59. The molecule has 2 N–H and O–H groups in total. The van der Waals surface area contributed by atoms with E-state index in [0.29, 0.717) is 6.04 Å². The Balaban J connectivity index is 1.93. The zero-order valence-corrected chi connectivity index (χ0v) is 10.3. The third-order valence-electron chi connectivity index (χ3n) is 3.46. The SMILES string of the molecule is c1c[nH]c(C(c2ccncc2)N2CCNCC2)c1. The lowest BCUT2D eigenvalue weighted by Crippen LogP contribution is -2.45. The first-order valence-electron chi connectivity index (χ1n) is 6.43. The Morgan fingerprint density at radius 2 is 1.89 bits per heavy atom. The van der Waals surface area contributed by atoms with Crippen molar-refractivity contribution in [3.63, 3.8) is 0 Å². The van der Waals surface area contributed by atoms with Gasteiger partial charge in [-0.3, -0.25) is 9.88 Å². The average Bonchev–Trinajstić information content (AvgIpc) is 2.95. The van der Waals surface area contributed by atoms with Gasteiger partial charge in [0.1, 0.15) is 0 Å². The van der Waals surface area contributed by atoms with E-state index in [1.165, 1.54) is 11.3 Å². The Bertz CT molecular complexity index is 460. The van der Waals surface area contributed by atoms with Crippen LogP contribution in [0.1, 0.15) is 17.3 Å². The molecule has 4 heteroatoms. The number of rotatable bonds is 3. The maximum Gasteiger partial charge on any atom is 0.0756 e. The molecule has 0 aliphatic carbocycles. The highest BCUT2D eigenvalue weighted by molar-refractivity contribution is 5.26. The number of piperazine rings is 1. The van der Waals surface area contributed by atoms with Gasteiger partial charge < -0.3 is 10.3 Å². The van der Waals surface area contributed by atoms with Gasteiger partial charge in [0.05, 0.1) is 6.04 Å². The maximum absolute atomic E-state index is 4.11. The lowest BCUT2D eigenvalue weighted by molar-refractivity contribution is 0.196. The summed E-state index contributed by atoms with van der Waals surface area (Å²) >= 11 is 0. The number of hydrogen-bond donors (Lipinski definition) is 2. The van der Waals surface area contributed by atoms with Crippen LogP contribution < -0.4 is 5.32 Å². The van der Waals surface area contributed by atoms with Crippen LogP contribution >= 0.6 is 0 Å². The molecular formula is C14H18N4. The van der Waals surface area contributed by atoms with Gasteiger partial charge in [0.15, 0.2) is 0 Å². The average molecular weight is 242 g/mol. The molecule has 0 bridgehead atoms. The van der Waals surface area contributed by atoms with Crippen molar-refractivity contribution in [3.05, 3.63) is 54.1 Å². The summed E-state index contributed by atoms with van der Waals surface area (Å²) in [5.74, 6) is 0. The number of nitrogens with one attached hydrogen (secondary N) is 2. The number of pyridine rings is 1. The van der Waals surface area contributed by atoms with Gasteiger partial charge in [-0.15, -0.1) is 0 Å².